The molecule has 0 fully saturated rings. The molecule has 4 amide bonds. The Kier molecular flexibility index (Phi) is 10.1. The molecule has 1 aromatic rings. The molecule has 0 aliphatic rings. The van der Waals surface area contributed by atoms with Crippen LogP contribution in [0.1, 0.15) is 18.9 Å². The number of amides is 4. The molecule has 4 unspecified atom stereocenters. The second-order valence-corrected chi connectivity index (χ2v) is 6.87. The number of hydrogen-bond acceptors (Lipinski definition) is 7. The number of rotatable bonds is 12. The molecule has 0 saturated heterocycles. The standard InChI is InChI=1S/C19H27N5O7/c1-10(25)16(19(31)22-9-15(27)28)24-18(30)13(7-11-5-3-2-4-6-11)23-17(29)12(20)8-14(21)26/h2-6,10,12-13,16,25H,7-9,20H2,1H3,(H2,21,26)(H,22,31)(H,23,29)(H,24,30)(H,27,28). The Bertz CT molecular complexity index is 800. The molecule has 0 saturated carbocycles. The number of aliphatic carboxylic acids is 1. The normalized spacial score (nSPS) is 14.4. The minimum absolute atomic E-state index is 0.0188. The van der Waals surface area contributed by atoms with Gasteiger partial charge in [0.25, 0.3) is 0 Å². The second kappa shape index (κ2) is 12.2. The van der Waals surface area contributed by atoms with E-state index in [2.05, 4.69) is 16.0 Å². The molecule has 0 radical (unpaired) electrons. The highest BCUT2D eigenvalue weighted by atomic mass is 16.4. The van der Waals surface area contributed by atoms with Gasteiger partial charge in [-0.3, -0.25) is 24.0 Å². The van der Waals surface area contributed by atoms with E-state index in [-0.39, 0.29) is 6.42 Å². The zero-order valence-corrected chi connectivity index (χ0v) is 16.9. The first-order chi connectivity index (χ1) is 14.5. The van der Waals surface area contributed by atoms with Gasteiger partial charge in [-0.25, -0.2) is 0 Å². The minimum atomic E-state index is -1.47. The van der Waals surface area contributed by atoms with Gasteiger partial charge in [0.2, 0.25) is 23.6 Å². The topological polar surface area (TPSA) is 214 Å². The highest BCUT2D eigenvalue weighted by Crippen LogP contribution is 2.05. The fourth-order valence-corrected chi connectivity index (χ4v) is 2.58. The number of aliphatic hydroxyl groups is 1. The van der Waals surface area contributed by atoms with Gasteiger partial charge in [0, 0.05) is 6.42 Å². The third-order valence-electron chi connectivity index (χ3n) is 4.15. The van der Waals surface area contributed by atoms with Crippen LogP contribution in [0.5, 0.6) is 0 Å². The van der Waals surface area contributed by atoms with Gasteiger partial charge in [0.05, 0.1) is 18.6 Å². The molecule has 0 aromatic heterocycles. The predicted molar refractivity (Wildman–Crippen MR) is 108 cm³/mol. The van der Waals surface area contributed by atoms with E-state index in [1.54, 1.807) is 30.3 Å². The number of carboxylic acids is 1. The highest BCUT2D eigenvalue weighted by Gasteiger charge is 2.31. The lowest BCUT2D eigenvalue weighted by molar-refractivity contribution is -0.139. The average Bonchev–Trinajstić information content (AvgIpc) is 2.69. The van der Waals surface area contributed by atoms with E-state index >= 15 is 0 Å². The summed E-state index contributed by atoms with van der Waals surface area (Å²) in [5.74, 6) is -4.64. The van der Waals surface area contributed by atoms with Crippen LogP contribution in [0.4, 0.5) is 0 Å². The van der Waals surface area contributed by atoms with Crippen molar-refractivity contribution < 1.29 is 34.2 Å². The molecular weight excluding hydrogens is 410 g/mol. The molecule has 1 rings (SSSR count). The third-order valence-corrected chi connectivity index (χ3v) is 4.15. The van der Waals surface area contributed by atoms with E-state index in [1.165, 1.54) is 6.92 Å². The SMILES string of the molecule is CC(O)C(NC(=O)C(Cc1ccccc1)NC(=O)C(N)CC(N)=O)C(=O)NCC(=O)O. The maximum absolute atomic E-state index is 12.8. The van der Waals surface area contributed by atoms with Crippen LogP contribution in [0.15, 0.2) is 30.3 Å². The number of nitrogens with two attached hydrogens (primary N) is 2. The molecular formula is C19H27N5O7. The van der Waals surface area contributed by atoms with Crippen molar-refractivity contribution in [3.05, 3.63) is 35.9 Å². The Balaban J connectivity index is 2.99. The lowest BCUT2D eigenvalue weighted by Gasteiger charge is -2.25. The highest BCUT2D eigenvalue weighted by molar-refractivity contribution is 5.95. The van der Waals surface area contributed by atoms with Gasteiger partial charge in [0.15, 0.2) is 0 Å². The summed E-state index contributed by atoms with van der Waals surface area (Å²) in [5.41, 5.74) is 11.3. The summed E-state index contributed by atoms with van der Waals surface area (Å²) in [5, 5.41) is 25.3. The quantitative estimate of drug-likeness (QED) is 0.178. The number of primary amides is 1. The third kappa shape index (κ3) is 9.23. The predicted octanol–water partition coefficient (Wildman–Crippen LogP) is -3.02. The molecule has 4 atom stereocenters. The van der Waals surface area contributed by atoms with E-state index in [4.69, 9.17) is 16.6 Å². The molecule has 0 bridgehead atoms. The fraction of sp³-hybridized carbons (Fsp3) is 0.421. The summed E-state index contributed by atoms with van der Waals surface area (Å²) in [7, 11) is 0. The second-order valence-electron chi connectivity index (χ2n) is 6.87. The van der Waals surface area contributed by atoms with Gasteiger partial charge in [-0.15, -0.1) is 0 Å². The number of carbonyl (C=O) groups excluding carboxylic acids is 4. The van der Waals surface area contributed by atoms with E-state index in [0.29, 0.717) is 5.56 Å². The molecule has 0 aliphatic heterocycles. The minimum Gasteiger partial charge on any atom is -0.480 e. The Morgan fingerprint density at radius 3 is 2.13 bits per heavy atom. The van der Waals surface area contributed by atoms with Crippen molar-refractivity contribution in [2.75, 3.05) is 6.54 Å². The van der Waals surface area contributed by atoms with Crippen molar-refractivity contribution in [1.29, 1.82) is 0 Å². The number of carboxylic acid groups (broad SMARTS) is 1. The number of hydrogen-bond donors (Lipinski definition) is 7. The molecule has 0 aliphatic carbocycles. The molecule has 31 heavy (non-hydrogen) atoms. The Hall–Kier alpha value is -3.51. The van der Waals surface area contributed by atoms with Crippen LogP contribution in [-0.2, 0) is 30.4 Å². The lowest BCUT2D eigenvalue weighted by atomic mass is 10.0. The summed E-state index contributed by atoms with van der Waals surface area (Å²) in [6.45, 7) is 0.531. The summed E-state index contributed by atoms with van der Waals surface area (Å²) >= 11 is 0. The Morgan fingerprint density at radius 2 is 1.61 bits per heavy atom. The largest absolute Gasteiger partial charge is 0.480 e. The van der Waals surface area contributed by atoms with Crippen molar-refractivity contribution in [3.63, 3.8) is 0 Å². The zero-order valence-electron chi connectivity index (χ0n) is 16.9. The molecule has 0 spiro atoms. The number of aliphatic hydroxyl groups excluding tert-OH is 1. The maximum atomic E-state index is 12.8. The zero-order chi connectivity index (χ0) is 23.6. The van der Waals surface area contributed by atoms with E-state index in [9.17, 15) is 29.1 Å². The molecule has 170 valence electrons. The average molecular weight is 437 g/mol. The fourth-order valence-electron chi connectivity index (χ4n) is 2.58. The van der Waals surface area contributed by atoms with Crippen LogP contribution in [0.25, 0.3) is 0 Å². The van der Waals surface area contributed by atoms with Crippen LogP contribution < -0.4 is 27.4 Å². The van der Waals surface area contributed by atoms with Crippen LogP contribution in [0, 0.1) is 0 Å². The van der Waals surface area contributed by atoms with Crippen LogP contribution in [-0.4, -0.2) is 70.6 Å². The van der Waals surface area contributed by atoms with Crippen molar-refractivity contribution >= 4 is 29.6 Å². The number of nitrogens with one attached hydrogen (secondary N) is 3. The van der Waals surface area contributed by atoms with Crippen LogP contribution in [0.2, 0.25) is 0 Å². The number of benzene rings is 1. The first-order valence-electron chi connectivity index (χ1n) is 9.37. The van der Waals surface area contributed by atoms with Gasteiger partial charge in [0.1, 0.15) is 18.6 Å². The van der Waals surface area contributed by atoms with E-state index < -0.39 is 66.8 Å². The van der Waals surface area contributed by atoms with Crippen molar-refractivity contribution in [2.24, 2.45) is 11.5 Å². The summed E-state index contributed by atoms with van der Waals surface area (Å²) in [6, 6.07) is 4.67. The Morgan fingerprint density at radius 1 is 1.00 bits per heavy atom. The van der Waals surface area contributed by atoms with E-state index in [1.807, 2.05) is 0 Å². The van der Waals surface area contributed by atoms with Gasteiger partial charge in [-0.05, 0) is 12.5 Å². The van der Waals surface area contributed by atoms with E-state index in [0.717, 1.165) is 0 Å². The maximum Gasteiger partial charge on any atom is 0.322 e. The molecule has 12 nitrogen and oxygen atoms in total. The van der Waals surface area contributed by atoms with Crippen molar-refractivity contribution in [1.82, 2.24) is 16.0 Å². The van der Waals surface area contributed by atoms with Gasteiger partial charge in [-0.2, -0.15) is 0 Å². The summed E-state index contributed by atoms with van der Waals surface area (Å²) < 4.78 is 0. The van der Waals surface area contributed by atoms with Crippen LogP contribution in [0.3, 0.4) is 0 Å². The first kappa shape index (κ1) is 25.5. The van der Waals surface area contributed by atoms with Crippen LogP contribution >= 0.6 is 0 Å². The lowest BCUT2D eigenvalue weighted by Crippen LogP contribution is -2.59. The first-order valence-corrected chi connectivity index (χ1v) is 9.37. The monoisotopic (exact) mass is 437 g/mol. The van der Waals surface area contributed by atoms with Gasteiger partial charge in [-0.1, -0.05) is 30.3 Å². The van der Waals surface area contributed by atoms with Gasteiger partial charge < -0.3 is 37.6 Å². The van der Waals surface area contributed by atoms with Crippen molar-refractivity contribution in [3.8, 4) is 0 Å². The number of carbonyl (C=O) groups is 5. The summed E-state index contributed by atoms with van der Waals surface area (Å²) in [4.78, 5) is 58.9. The van der Waals surface area contributed by atoms with Crippen molar-refractivity contribution in [2.45, 2.75) is 44.0 Å². The molecule has 0 heterocycles. The molecule has 12 heteroatoms. The van der Waals surface area contributed by atoms with Gasteiger partial charge >= 0.3 is 5.97 Å². The summed E-state index contributed by atoms with van der Waals surface area (Å²) in [6.07, 6.45) is -1.77. The smallest absolute Gasteiger partial charge is 0.322 e. The Labute approximate surface area is 178 Å². The molecule has 9 N–H and O–H groups in total. The molecule has 1 aromatic carbocycles.